The number of pyridine rings is 1. The van der Waals surface area contributed by atoms with Crippen molar-refractivity contribution in [1.29, 1.82) is 0 Å². The lowest BCUT2D eigenvalue weighted by Gasteiger charge is -2.07. The first-order valence-corrected chi connectivity index (χ1v) is 5.72. The van der Waals surface area contributed by atoms with Crippen LogP contribution in [0.3, 0.4) is 0 Å². The molecule has 0 radical (unpaired) electrons. The first kappa shape index (κ1) is 11.4. The van der Waals surface area contributed by atoms with E-state index < -0.39 is 0 Å². The Kier molecular flexibility index (Phi) is 2.72. The first-order valence-electron chi connectivity index (χ1n) is 5.72. The normalized spacial score (nSPS) is 10.6. The molecule has 0 spiro atoms. The molecule has 0 aliphatic carbocycles. The Morgan fingerprint density at radius 1 is 1.05 bits per heavy atom. The van der Waals surface area contributed by atoms with E-state index in [4.69, 9.17) is 0 Å². The second-order valence-corrected chi connectivity index (χ2v) is 4.03. The summed E-state index contributed by atoms with van der Waals surface area (Å²) < 4.78 is 14.4. The fourth-order valence-corrected chi connectivity index (χ4v) is 1.95. The maximum Gasteiger partial charge on any atom is 0.330 e. The maximum atomic E-state index is 12.9. The highest BCUT2D eigenvalue weighted by molar-refractivity contribution is 5.60. The third-order valence-electron chi connectivity index (χ3n) is 2.84. The van der Waals surface area contributed by atoms with E-state index in [-0.39, 0.29) is 11.5 Å². The highest BCUT2D eigenvalue weighted by atomic mass is 19.1. The zero-order chi connectivity index (χ0) is 13.2. The average molecular weight is 255 g/mol. The highest BCUT2D eigenvalue weighted by Gasteiger charge is 2.10. The summed E-state index contributed by atoms with van der Waals surface area (Å²) >= 11 is 0. The number of benzene rings is 1. The summed E-state index contributed by atoms with van der Waals surface area (Å²) in [5.74, 6) is -0.335. The lowest BCUT2D eigenvalue weighted by Crippen LogP contribution is -2.15. The van der Waals surface area contributed by atoms with Gasteiger partial charge in [-0.2, -0.15) is 0 Å². The van der Waals surface area contributed by atoms with Crippen molar-refractivity contribution in [2.75, 3.05) is 0 Å². The van der Waals surface area contributed by atoms with E-state index in [1.54, 1.807) is 30.7 Å². The number of halogens is 1. The number of hydrogen-bond acceptors (Lipinski definition) is 2. The molecule has 3 aromatic rings. The minimum atomic E-state index is -0.335. The minimum Gasteiger partial charge on any atom is -0.312 e. The average Bonchev–Trinajstić information content (AvgIpc) is 2.83. The van der Waals surface area contributed by atoms with E-state index in [9.17, 15) is 9.18 Å². The second kappa shape index (κ2) is 4.53. The molecular weight excluding hydrogens is 245 g/mol. The van der Waals surface area contributed by atoms with Crippen LogP contribution < -0.4 is 5.69 Å². The predicted molar refractivity (Wildman–Crippen MR) is 69.6 cm³/mol. The number of imidazole rings is 1. The van der Waals surface area contributed by atoms with Gasteiger partial charge in [0.05, 0.1) is 11.4 Å². The Morgan fingerprint density at radius 2 is 1.74 bits per heavy atom. The van der Waals surface area contributed by atoms with E-state index in [1.165, 1.54) is 16.7 Å². The van der Waals surface area contributed by atoms with Gasteiger partial charge < -0.3 is 4.98 Å². The zero-order valence-electron chi connectivity index (χ0n) is 9.88. The third kappa shape index (κ3) is 2.06. The van der Waals surface area contributed by atoms with E-state index in [0.29, 0.717) is 11.4 Å². The Labute approximate surface area is 108 Å². The summed E-state index contributed by atoms with van der Waals surface area (Å²) in [4.78, 5) is 18.5. The summed E-state index contributed by atoms with van der Waals surface area (Å²) in [5, 5.41) is 0. The fraction of sp³-hybridized carbons (Fsp3) is 0. The molecule has 5 heteroatoms. The van der Waals surface area contributed by atoms with Crippen molar-refractivity contribution in [3.63, 3.8) is 0 Å². The number of hydrogen-bond donors (Lipinski definition) is 1. The van der Waals surface area contributed by atoms with Crippen LogP contribution in [0.25, 0.3) is 16.9 Å². The Morgan fingerprint density at radius 3 is 2.42 bits per heavy atom. The first-order chi connectivity index (χ1) is 9.25. The molecule has 2 heterocycles. The van der Waals surface area contributed by atoms with Crippen LogP contribution >= 0.6 is 0 Å². The van der Waals surface area contributed by atoms with E-state index in [0.717, 1.165) is 5.56 Å². The molecule has 0 fully saturated rings. The van der Waals surface area contributed by atoms with Crippen LogP contribution in [-0.2, 0) is 0 Å². The lowest BCUT2D eigenvalue weighted by molar-refractivity contribution is 0.627. The van der Waals surface area contributed by atoms with E-state index in [1.807, 2.05) is 12.1 Å². The molecule has 0 amide bonds. The number of nitrogens with zero attached hydrogens (tertiary/aromatic N) is 2. The Balaban J connectivity index is 2.19. The van der Waals surface area contributed by atoms with Gasteiger partial charge in [0, 0.05) is 24.2 Å². The van der Waals surface area contributed by atoms with Crippen LogP contribution in [0.1, 0.15) is 0 Å². The van der Waals surface area contributed by atoms with E-state index >= 15 is 0 Å². The van der Waals surface area contributed by atoms with Gasteiger partial charge in [-0.25, -0.2) is 9.18 Å². The van der Waals surface area contributed by atoms with Crippen LogP contribution in [0.5, 0.6) is 0 Å². The lowest BCUT2D eigenvalue weighted by atomic mass is 10.2. The Bertz CT molecular complexity index is 744. The molecule has 3 rings (SSSR count). The monoisotopic (exact) mass is 255 g/mol. The summed E-state index contributed by atoms with van der Waals surface area (Å²) in [5.41, 5.74) is 1.91. The highest BCUT2D eigenvalue weighted by Crippen LogP contribution is 2.19. The van der Waals surface area contributed by atoms with Crippen LogP contribution in [0.4, 0.5) is 4.39 Å². The van der Waals surface area contributed by atoms with Gasteiger partial charge in [0.2, 0.25) is 0 Å². The number of nitrogens with one attached hydrogen (secondary N) is 1. The van der Waals surface area contributed by atoms with Crippen molar-refractivity contribution in [2.45, 2.75) is 0 Å². The largest absolute Gasteiger partial charge is 0.330 e. The predicted octanol–water partition coefficient (Wildman–Crippen LogP) is 2.37. The molecule has 0 aliphatic heterocycles. The molecule has 0 atom stereocenters. The van der Waals surface area contributed by atoms with Gasteiger partial charge in [-0.3, -0.25) is 9.55 Å². The van der Waals surface area contributed by atoms with Crippen molar-refractivity contribution >= 4 is 0 Å². The molecule has 0 unspecified atom stereocenters. The summed E-state index contributed by atoms with van der Waals surface area (Å²) in [6, 6.07) is 9.39. The van der Waals surface area contributed by atoms with Crippen molar-refractivity contribution in [2.24, 2.45) is 0 Å². The zero-order valence-corrected chi connectivity index (χ0v) is 9.88. The van der Waals surface area contributed by atoms with Gasteiger partial charge >= 0.3 is 5.69 Å². The van der Waals surface area contributed by atoms with Crippen molar-refractivity contribution in [1.82, 2.24) is 14.5 Å². The van der Waals surface area contributed by atoms with Crippen LogP contribution in [0.15, 0.2) is 59.8 Å². The summed E-state index contributed by atoms with van der Waals surface area (Å²) in [6.07, 6.45) is 4.94. The second-order valence-electron chi connectivity index (χ2n) is 4.03. The van der Waals surface area contributed by atoms with Crippen molar-refractivity contribution < 1.29 is 4.39 Å². The topological polar surface area (TPSA) is 50.7 Å². The van der Waals surface area contributed by atoms with Crippen molar-refractivity contribution in [3.05, 3.63) is 71.3 Å². The molecule has 1 aromatic carbocycles. The molecule has 0 aliphatic rings. The van der Waals surface area contributed by atoms with Gasteiger partial charge in [0.25, 0.3) is 0 Å². The molecule has 2 aromatic heterocycles. The maximum absolute atomic E-state index is 12.9. The standard InChI is InChI=1S/C14H10FN3O/c15-11-1-3-12(4-2-11)18-13(9-17-14(18)19)10-5-7-16-8-6-10/h1-9H,(H,17,19). The van der Waals surface area contributed by atoms with Gasteiger partial charge in [-0.1, -0.05) is 0 Å². The molecule has 94 valence electrons. The molecular formula is C14H10FN3O. The Hall–Kier alpha value is -2.69. The third-order valence-corrected chi connectivity index (χ3v) is 2.84. The summed E-state index contributed by atoms with van der Waals surface area (Å²) in [7, 11) is 0. The minimum absolute atomic E-state index is 0.265. The molecule has 0 saturated carbocycles. The summed E-state index contributed by atoms with van der Waals surface area (Å²) in [6.45, 7) is 0. The van der Waals surface area contributed by atoms with Crippen LogP contribution in [0.2, 0.25) is 0 Å². The van der Waals surface area contributed by atoms with Gasteiger partial charge in [-0.15, -0.1) is 0 Å². The van der Waals surface area contributed by atoms with Crippen LogP contribution in [-0.4, -0.2) is 14.5 Å². The number of H-pyrrole nitrogens is 1. The molecule has 19 heavy (non-hydrogen) atoms. The fourth-order valence-electron chi connectivity index (χ4n) is 1.95. The van der Waals surface area contributed by atoms with Gasteiger partial charge in [0.15, 0.2) is 0 Å². The number of rotatable bonds is 2. The van der Waals surface area contributed by atoms with Gasteiger partial charge in [0.1, 0.15) is 5.82 Å². The number of aromatic amines is 1. The van der Waals surface area contributed by atoms with Crippen molar-refractivity contribution in [3.8, 4) is 16.9 Å². The quantitative estimate of drug-likeness (QED) is 0.764. The van der Waals surface area contributed by atoms with Crippen LogP contribution in [0, 0.1) is 5.82 Å². The smallest absolute Gasteiger partial charge is 0.312 e. The van der Waals surface area contributed by atoms with E-state index in [2.05, 4.69) is 9.97 Å². The molecule has 1 N–H and O–H groups in total. The molecule has 0 bridgehead atoms. The molecule has 0 saturated heterocycles. The van der Waals surface area contributed by atoms with Gasteiger partial charge in [-0.05, 0) is 36.4 Å². The molecule has 4 nitrogen and oxygen atoms in total. The SMILES string of the molecule is O=c1[nH]cc(-c2ccncc2)n1-c1ccc(F)cc1. The number of aromatic nitrogens is 3.